The van der Waals surface area contributed by atoms with Crippen LogP contribution in [-0.2, 0) is 17.9 Å². The number of nitrogens with zero attached hydrogens (tertiary/aromatic N) is 3. The number of hydrogen-bond donors (Lipinski definition) is 1. The smallest absolute Gasteiger partial charge is 0.226 e. The highest BCUT2D eigenvalue weighted by atomic mass is 16.1. The van der Waals surface area contributed by atoms with Crippen LogP contribution in [0.2, 0.25) is 0 Å². The van der Waals surface area contributed by atoms with Gasteiger partial charge in [-0.1, -0.05) is 27.2 Å². The third-order valence-corrected chi connectivity index (χ3v) is 4.88. The van der Waals surface area contributed by atoms with Crippen LogP contribution in [0.3, 0.4) is 0 Å². The molecule has 25 heavy (non-hydrogen) atoms. The van der Waals surface area contributed by atoms with Crippen molar-refractivity contribution in [3.63, 3.8) is 0 Å². The molecule has 136 valence electrons. The SMILES string of the molecule is CCCn1c(CN2CCCCC2)nc2cc(NC(=O)C(C)C)ccc21. The van der Waals surface area contributed by atoms with Gasteiger partial charge in [-0.3, -0.25) is 9.69 Å². The highest BCUT2D eigenvalue weighted by Gasteiger charge is 2.17. The number of anilines is 1. The largest absolute Gasteiger partial charge is 0.327 e. The molecular formula is C20H30N4O. The Balaban J connectivity index is 1.87. The van der Waals surface area contributed by atoms with Gasteiger partial charge in [-0.25, -0.2) is 4.98 Å². The maximum Gasteiger partial charge on any atom is 0.226 e. The van der Waals surface area contributed by atoms with E-state index >= 15 is 0 Å². The quantitative estimate of drug-likeness (QED) is 0.862. The van der Waals surface area contributed by atoms with E-state index in [0.29, 0.717) is 0 Å². The molecule has 1 aliphatic rings. The van der Waals surface area contributed by atoms with Crippen LogP contribution >= 0.6 is 0 Å². The number of carbonyl (C=O) groups excluding carboxylic acids is 1. The number of carbonyl (C=O) groups is 1. The first kappa shape index (κ1) is 17.9. The fourth-order valence-corrected chi connectivity index (χ4v) is 3.46. The molecule has 1 aliphatic heterocycles. The Hall–Kier alpha value is -1.88. The van der Waals surface area contributed by atoms with Crippen molar-refractivity contribution in [1.29, 1.82) is 0 Å². The predicted molar refractivity (Wildman–Crippen MR) is 103 cm³/mol. The van der Waals surface area contributed by atoms with E-state index in [1.54, 1.807) is 0 Å². The lowest BCUT2D eigenvalue weighted by molar-refractivity contribution is -0.118. The van der Waals surface area contributed by atoms with Crippen molar-refractivity contribution in [3.8, 4) is 0 Å². The number of fused-ring (bicyclic) bond motifs is 1. The first-order chi connectivity index (χ1) is 12.1. The normalized spacial score (nSPS) is 15.8. The molecule has 3 rings (SSSR count). The number of nitrogens with one attached hydrogen (secondary N) is 1. The number of piperidine rings is 1. The molecule has 0 aliphatic carbocycles. The summed E-state index contributed by atoms with van der Waals surface area (Å²) in [5, 5.41) is 2.98. The molecule has 0 spiro atoms. The van der Waals surface area contributed by atoms with E-state index in [9.17, 15) is 4.79 Å². The van der Waals surface area contributed by atoms with Gasteiger partial charge in [-0.15, -0.1) is 0 Å². The molecule has 1 aromatic carbocycles. The van der Waals surface area contributed by atoms with Gasteiger partial charge in [-0.2, -0.15) is 0 Å². The van der Waals surface area contributed by atoms with Crippen LogP contribution in [0.25, 0.3) is 11.0 Å². The van der Waals surface area contributed by atoms with Crippen molar-refractivity contribution in [2.24, 2.45) is 5.92 Å². The Morgan fingerprint density at radius 3 is 2.68 bits per heavy atom. The summed E-state index contributed by atoms with van der Waals surface area (Å²) in [5.41, 5.74) is 2.97. The van der Waals surface area contributed by atoms with Crippen LogP contribution in [0.1, 0.15) is 52.3 Å². The Bertz CT molecular complexity index is 729. The molecule has 1 saturated heterocycles. The molecule has 2 heterocycles. The van der Waals surface area contributed by atoms with Gasteiger partial charge in [0.05, 0.1) is 17.6 Å². The van der Waals surface area contributed by atoms with E-state index in [0.717, 1.165) is 42.1 Å². The second-order valence-electron chi connectivity index (χ2n) is 7.36. The van der Waals surface area contributed by atoms with Gasteiger partial charge in [0, 0.05) is 18.2 Å². The third kappa shape index (κ3) is 4.21. The zero-order chi connectivity index (χ0) is 17.8. The lowest BCUT2D eigenvalue weighted by atomic mass is 10.1. The van der Waals surface area contributed by atoms with Crippen LogP contribution in [0.5, 0.6) is 0 Å². The van der Waals surface area contributed by atoms with Crippen LogP contribution in [-0.4, -0.2) is 33.4 Å². The molecule has 1 N–H and O–H groups in total. The second-order valence-corrected chi connectivity index (χ2v) is 7.36. The molecule has 0 saturated carbocycles. The fraction of sp³-hybridized carbons (Fsp3) is 0.600. The number of benzene rings is 1. The summed E-state index contributed by atoms with van der Waals surface area (Å²) in [5.74, 6) is 1.16. The first-order valence-electron chi connectivity index (χ1n) is 9.61. The summed E-state index contributed by atoms with van der Waals surface area (Å²) in [6.07, 6.45) is 5.02. The van der Waals surface area contributed by atoms with Gasteiger partial charge in [0.1, 0.15) is 5.82 Å². The molecule has 0 atom stereocenters. The average Bonchev–Trinajstić information content (AvgIpc) is 2.93. The summed E-state index contributed by atoms with van der Waals surface area (Å²) in [7, 11) is 0. The highest BCUT2D eigenvalue weighted by molar-refractivity contribution is 5.94. The van der Waals surface area contributed by atoms with E-state index < -0.39 is 0 Å². The van der Waals surface area contributed by atoms with E-state index in [1.807, 2.05) is 26.0 Å². The van der Waals surface area contributed by atoms with Crippen molar-refractivity contribution in [3.05, 3.63) is 24.0 Å². The number of aryl methyl sites for hydroxylation is 1. The molecule has 5 heteroatoms. The zero-order valence-corrected chi connectivity index (χ0v) is 15.7. The highest BCUT2D eigenvalue weighted by Crippen LogP contribution is 2.23. The topological polar surface area (TPSA) is 50.2 Å². The Labute approximate surface area is 150 Å². The van der Waals surface area contributed by atoms with E-state index in [2.05, 4.69) is 27.8 Å². The van der Waals surface area contributed by atoms with Gasteiger partial charge in [0.2, 0.25) is 5.91 Å². The molecule has 0 bridgehead atoms. The Kier molecular flexibility index (Phi) is 5.74. The predicted octanol–water partition coefficient (Wildman–Crippen LogP) is 4.03. The van der Waals surface area contributed by atoms with Gasteiger partial charge >= 0.3 is 0 Å². The molecule has 2 aromatic rings. The average molecular weight is 342 g/mol. The van der Waals surface area contributed by atoms with Crippen LogP contribution in [0, 0.1) is 5.92 Å². The van der Waals surface area contributed by atoms with E-state index in [1.165, 1.54) is 32.4 Å². The number of amides is 1. The standard InChI is InChI=1S/C20H30N4O/c1-4-10-24-18-9-8-16(21-20(25)15(2)3)13-17(18)22-19(24)14-23-11-6-5-7-12-23/h8-9,13,15H,4-7,10-12,14H2,1-3H3,(H,21,25). The number of imidazole rings is 1. The summed E-state index contributed by atoms with van der Waals surface area (Å²) in [6.45, 7) is 10.3. The number of aromatic nitrogens is 2. The minimum atomic E-state index is -0.0250. The molecule has 0 unspecified atom stereocenters. The monoisotopic (exact) mass is 342 g/mol. The third-order valence-electron chi connectivity index (χ3n) is 4.88. The first-order valence-corrected chi connectivity index (χ1v) is 9.61. The van der Waals surface area contributed by atoms with Crippen LogP contribution < -0.4 is 5.32 Å². The minimum Gasteiger partial charge on any atom is -0.327 e. The maximum absolute atomic E-state index is 11.9. The van der Waals surface area contributed by atoms with Crippen molar-refractivity contribution in [2.45, 2.75) is 59.5 Å². The van der Waals surface area contributed by atoms with Crippen molar-refractivity contribution < 1.29 is 4.79 Å². The van der Waals surface area contributed by atoms with Gasteiger partial charge in [-0.05, 0) is 50.6 Å². The van der Waals surface area contributed by atoms with Gasteiger partial charge < -0.3 is 9.88 Å². The molecule has 1 fully saturated rings. The summed E-state index contributed by atoms with van der Waals surface area (Å²) in [6, 6.07) is 6.08. The van der Waals surface area contributed by atoms with Crippen LogP contribution in [0.15, 0.2) is 18.2 Å². The number of likely N-dealkylation sites (tertiary alicyclic amines) is 1. The number of rotatable bonds is 6. The number of hydrogen-bond acceptors (Lipinski definition) is 3. The van der Waals surface area contributed by atoms with Gasteiger partial charge in [0.15, 0.2) is 0 Å². The summed E-state index contributed by atoms with van der Waals surface area (Å²) >= 11 is 0. The molecule has 1 aromatic heterocycles. The maximum atomic E-state index is 11.9. The van der Waals surface area contributed by atoms with Gasteiger partial charge in [0.25, 0.3) is 0 Å². The summed E-state index contributed by atoms with van der Waals surface area (Å²) in [4.78, 5) is 19.4. The van der Waals surface area contributed by atoms with Crippen molar-refractivity contribution in [2.75, 3.05) is 18.4 Å². The molecule has 0 radical (unpaired) electrons. The Morgan fingerprint density at radius 1 is 1.24 bits per heavy atom. The lowest BCUT2D eigenvalue weighted by Crippen LogP contribution is -2.30. The molecule has 1 amide bonds. The molecule has 5 nitrogen and oxygen atoms in total. The lowest BCUT2D eigenvalue weighted by Gasteiger charge is -2.26. The fourth-order valence-electron chi connectivity index (χ4n) is 3.46. The van der Waals surface area contributed by atoms with Crippen LogP contribution in [0.4, 0.5) is 5.69 Å². The zero-order valence-electron chi connectivity index (χ0n) is 15.7. The molecular weight excluding hydrogens is 312 g/mol. The van der Waals surface area contributed by atoms with Crippen molar-refractivity contribution >= 4 is 22.6 Å². The summed E-state index contributed by atoms with van der Waals surface area (Å²) < 4.78 is 2.35. The van der Waals surface area contributed by atoms with E-state index in [-0.39, 0.29) is 11.8 Å². The second kappa shape index (κ2) is 8.00. The van der Waals surface area contributed by atoms with E-state index in [4.69, 9.17) is 4.98 Å². The van der Waals surface area contributed by atoms with Crippen molar-refractivity contribution in [1.82, 2.24) is 14.5 Å². The Morgan fingerprint density at radius 2 is 2.00 bits per heavy atom. The minimum absolute atomic E-state index is 0.0250.